The summed E-state index contributed by atoms with van der Waals surface area (Å²) in [6.07, 6.45) is 5.53. The molecular formula is C51H34N2. The molecule has 0 atom stereocenters. The smallest absolute Gasteiger partial charge is 0.161 e. The topological polar surface area (TPSA) is 25.8 Å². The van der Waals surface area contributed by atoms with Crippen LogP contribution in [0.3, 0.4) is 0 Å². The molecule has 0 saturated heterocycles. The fraction of sp³-hybridized carbons (Fsp3) is 0.0196. The van der Waals surface area contributed by atoms with E-state index in [0.717, 1.165) is 38.9 Å². The quantitative estimate of drug-likeness (QED) is 0.164. The van der Waals surface area contributed by atoms with E-state index in [4.69, 9.17) is 9.97 Å². The van der Waals surface area contributed by atoms with E-state index in [-0.39, 0.29) is 0 Å². The van der Waals surface area contributed by atoms with Crippen molar-refractivity contribution in [3.05, 3.63) is 223 Å². The minimum absolute atomic E-state index is 0.394. The second kappa shape index (κ2) is 12.1. The molecule has 2 nitrogen and oxygen atoms in total. The molecule has 2 heteroatoms. The molecule has 0 N–H and O–H groups in total. The molecule has 0 fully saturated rings. The summed E-state index contributed by atoms with van der Waals surface area (Å²) in [5.74, 6) is 0.670. The molecule has 0 amide bonds. The highest BCUT2D eigenvalue weighted by Crippen LogP contribution is 2.63. The fourth-order valence-corrected chi connectivity index (χ4v) is 8.87. The summed E-state index contributed by atoms with van der Waals surface area (Å²) in [7, 11) is 0. The van der Waals surface area contributed by atoms with Gasteiger partial charge in [0.2, 0.25) is 0 Å². The lowest BCUT2D eigenvalue weighted by Crippen LogP contribution is -2.25. The molecule has 53 heavy (non-hydrogen) atoms. The molecule has 7 aromatic carbocycles. The Morgan fingerprint density at radius 3 is 1.60 bits per heavy atom. The first kappa shape index (κ1) is 30.9. The van der Waals surface area contributed by atoms with Crippen LogP contribution in [0, 0.1) is 0 Å². The van der Waals surface area contributed by atoms with Gasteiger partial charge in [0.25, 0.3) is 0 Å². The van der Waals surface area contributed by atoms with Crippen LogP contribution < -0.4 is 0 Å². The van der Waals surface area contributed by atoms with Gasteiger partial charge in [-0.2, -0.15) is 0 Å². The molecule has 0 radical (unpaired) electrons. The maximum Gasteiger partial charge on any atom is 0.161 e. The van der Waals surface area contributed by atoms with Crippen molar-refractivity contribution in [3.63, 3.8) is 0 Å². The third-order valence-corrected chi connectivity index (χ3v) is 11.1. The van der Waals surface area contributed by atoms with Crippen molar-refractivity contribution < 1.29 is 0 Å². The van der Waals surface area contributed by atoms with Gasteiger partial charge in [-0.3, -0.25) is 0 Å². The van der Waals surface area contributed by atoms with E-state index in [1.807, 2.05) is 36.4 Å². The number of benzene rings is 7. The summed E-state index contributed by atoms with van der Waals surface area (Å²) in [4.78, 5) is 10.3. The Hall–Kier alpha value is -6.90. The Morgan fingerprint density at radius 2 is 0.981 bits per heavy atom. The molecule has 2 aliphatic carbocycles. The highest BCUT2D eigenvalue weighted by atomic mass is 14.9. The Labute approximate surface area is 309 Å². The minimum atomic E-state index is -0.394. The van der Waals surface area contributed by atoms with Crippen LogP contribution in [0.25, 0.3) is 72.4 Å². The summed E-state index contributed by atoms with van der Waals surface area (Å²) in [5.41, 5.74) is 17.1. The number of fused-ring (bicyclic) bond motifs is 11. The number of rotatable bonds is 6. The number of hydrogen-bond acceptors (Lipinski definition) is 2. The highest BCUT2D eigenvalue weighted by molar-refractivity contribution is 6.05. The number of hydrogen-bond donors (Lipinski definition) is 0. The van der Waals surface area contributed by atoms with E-state index in [1.54, 1.807) is 6.08 Å². The van der Waals surface area contributed by atoms with Crippen LogP contribution in [0.5, 0.6) is 0 Å². The maximum absolute atomic E-state index is 5.17. The summed E-state index contributed by atoms with van der Waals surface area (Å²) < 4.78 is 0. The van der Waals surface area contributed by atoms with E-state index in [1.165, 1.54) is 55.6 Å². The lowest BCUT2D eigenvalue weighted by Gasteiger charge is -2.30. The zero-order chi connectivity index (χ0) is 35.5. The molecule has 248 valence electrons. The van der Waals surface area contributed by atoms with Gasteiger partial charge in [0, 0.05) is 11.1 Å². The third-order valence-electron chi connectivity index (χ3n) is 11.1. The van der Waals surface area contributed by atoms with E-state index in [2.05, 4.69) is 153 Å². The first-order valence-electron chi connectivity index (χ1n) is 18.1. The van der Waals surface area contributed by atoms with E-state index in [9.17, 15) is 0 Å². The van der Waals surface area contributed by atoms with Crippen molar-refractivity contribution in [2.75, 3.05) is 0 Å². The zero-order valence-corrected chi connectivity index (χ0v) is 29.1. The molecule has 1 spiro atoms. The minimum Gasteiger partial charge on any atom is -0.228 e. The van der Waals surface area contributed by atoms with Crippen molar-refractivity contribution in [3.8, 4) is 56.0 Å². The van der Waals surface area contributed by atoms with Crippen LogP contribution in [0.2, 0.25) is 0 Å². The molecule has 8 aromatic rings. The zero-order valence-electron chi connectivity index (χ0n) is 29.1. The SMILES string of the molecule is C=C/C=C(\C=C)c1cc(-c2ccccc2)nc(-c2ccc(-c3ccc4c(c3)C3(c5ccccc5-c5ccccc53)c3ccccc3-4)c3ccccc23)n1. The molecule has 0 saturated carbocycles. The largest absolute Gasteiger partial charge is 0.228 e. The van der Waals surface area contributed by atoms with Crippen LogP contribution >= 0.6 is 0 Å². The van der Waals surface area contributed by atoms with Gasteiger partial charge < -0.3 is 0 Å². The number of allylic oxidation sites excluding steroid dienone is 4. The number of aromatic nitrogens is 2. The van der Waals surface area contributed by atoms with Gasteiger partial charge in [-0.05, 0) is 90.2 Å². The molecule has 10 rings (SSSR count). The summed E-state index contributed by atoms with van der Waals surface area (Å²) in [5, 5.41) is 2.26. The van der Waals surface area contributed by atoms with Crippen LogP contribution in [-0.2, 0) is 5.41 Å². The summed E-state index contributed by atoms with van der Waals surface area (Å²) in [6, 6.07) is 59.4. The van der Waals surface area contributed by atoms with Crippen molar-refractivity contribution in [2.45, 2.75) is 5.41 Å². The normalized spacial score (nSPS) is 13.3. The first-order valence-corrected chi connectivity index (χ1v) is 18.1. The summed E-state index contributed by atoms with van der Waals surface area (Å²) >= 11 is 0. The van der Waals surface area contributed by atoms with Crippen molar-refractivity contribution in [2.24, 2.45) is 0 Å². The monoisotopic (exact) mass is 674 g/mol. The summed E-state index contributed by atoms with van der Waals surface area (Å²) in [6.45, 7) is 7.99. The van der Waals surface area contributed by atoms with Gasteiger partial charge in [-0.1, -0.05) is 177 Å². The number of nitrogens with zero attached hydrogens (tertiary/aromatic N) is 2. The first-order chi connectivity index (χ1) is 26.2. The fourth-order valence-electron chi connectivity index (χ4n) is 8.87. The second-order valence-electron chi connectivity index (χ2n) is 13.7. The molecule has 1 heterocycles. The van der Waals surface area contributed by atoms with Crippen LogP contribution in [0.1, 0.15) is 27.9 Å². The maximum atomic E-state index is 5.17. The Kier molecular flexibility index (Phi) is 7.06. The second-order valence-corrected chi connectivity index (χ2v) is 13.7. The van der Waals surface area contributed by atoms with Gasteiger partial charge in [-0.15, -0.1) is 0 Å². The molecular weight excluding hydrogens is 641 g/mol. The van der Waals surface area contributed by atoms with E-state index < -0.39 is 5.41 Å². The average Bonchev–Trinajstić information content (AvgIpc) is 3.69. The van der Waals surface area contributed by atoms with Crippen molar-refractivity contribution in [1.82, 2.24) is 9.97 Å². The van der Waals surface area contributed by atoms with E-state index >= 15 is 0 Å². The van der Waals surface area contributed by atoms with Crippen LogP contribution in [0.4, 0.5) is 0 Å². The molecule has 0 bridgehead atoms. The standard InChI is InChI=1S/C51H34N2/c1-3-16-33(4-2)48-32-49(34-17-6-5-7-18-34)53-50(52-48)43-30-29-36(37-19-8-9-20-38(37)43)35-27-28-42-41-23-12-15-26-46(41)51(47(42)31-35)44-24-13-10-21-39(44)40-22-11-14-25-45(40)51/h3-32H,1-2H2/b33-16+. The van der Waals surface area contributed by atoms with Gasteiger partial charge in [0.05, 0.1) is 16.8 Å². The molecule has 0 unspecified atom stereocenters. The van der Waals surface area contributed by atoms with Gasteiger partial charge >= 0.3 is 0 Å². The highest BCUT2D eigenvalue weighted by Gasteiger charge is 2.51. The lowest BCUT2D eigenvalue weighted by molar-refractivity contribution is 0.794. The predicted octanol–water partition coefficient (Wildman–Crippen LogP) is 12.7. The molecule has 2 aliphatic rings. The van der Waals surface area contributed by atoms with Gasteiger partial charge in [0.15, 0.2) is 5.82 Å². The van der Waals surface area contributed by atoms with Crippen LogP contribution in [0.15, 0.2) is 195 Å². The molecule has 1 aromatic heterocycles. The van der Waals surface area contributed by atoms with Crippen molar-refractivity contribution >= 4 is 16.3 Å². The Balaban J connectivity index is 1.19. The lowest BCUT2D eigenvalue weighted by atomic mass is 9.70. The third kappa shape index (κ3) is 4.52. The van der Waals surface area contributed by atoms with Gasteiger partial charge in [-0.25, -0.2) is 9.97 Å². The van der Waals surface area contributed by atoms with Gasteiger partial charge in [0.1, 0.15) is 0 Å². The van der Waals surface area contributed by atoms with Crippen LogP contribution in [-0.4, -0.2) is 9.97 Å². The Morgan fingerprint density at radius 1 is 0.453 bits per heavy atom. The predicted molar refractivity (Wildman–Crippen MR) is 221 cm³/mol. The average molecular weight is 675 g/mol. The van der Waals surface area contributed by atoms with Crippen molar-refractivity contribution in [1.29, 1.82) is 0 Å². The Bertz CT molecular complexity index is 2760. The van der Waals surface area contributed by atoms with E-state index in [0.29, 0.717) is 5.82 Å². The molecule has 0 aliphatic heterocycles.